The molecule has 0 bridgehead atoms. The summed E-state index contributed by atoms with van der Waals surface area (Å²) >= 11 is 0. The van der Waals surface area contributed by atoms with Crippen LogP contribution in [0.15, 0.2) is 0 Å². The Morgan fingerprint density at radius 2 is 2.00 bits per heavy atom. The van der Waals surface area contributed by atoms with Gasteiger partial charge in [0.25, 0.3) is 0 Å². The van der Waals surface area contributed by atoms with Crippen LogP contribution in [-0.4, -0.2) is 12.1 Å². The lowest BCUT2D eigenvalue weighted by molar-refractivity contribution is 0.310. The van der Waals surface area contributed by atoms with Crippen LogP contribution in [0.4, 0.5) is 0 Å². The van der Waals surface area contributed by atoms with E-state index in [0.29, 0.717) is 5.54 Å². The molecule has 1 nitrogen and oxygen atoms in total. The van der Waals surface area contributed by atoms with Crippen molar-refractivity contribution in [3.8, 4) is 0 Å². The Labute approximate surface area is 75.9 Å². The molecule has 1 aliphatic carbocycles. The summed E-state index contributed by atoms with van der Waals surface area (Å²) in [6.07, 6.45) is 10.2. The van der Waals surface area contributed by atoms with Gasteiger partial charge in [0.15, 0.2) is 0 Å². The molecule has 2 fully saturated rings. The molecular weight excluding hydrogens is 146 g/mol. The fraction of sp³-hybridized carbons (Fsp3) is 1.00. The van der Waals surface area contributed by atoms with Crippen LogP contribution >= 0.6 is 0 Å². The Morgan fingerprint density at radius 1 is 1.25 bits per heavy atom. The van der Waals surface area contributed by atoms with Gasteiger partial charge in [0.05, 0.1) is 0 Å². The van der Waals surface area contributed by atoms with Crippen LogP contribution in [0.2, 0.25) is 0 Å². The fourth-order valence-corrected chi connectivity index (χ4v) is 2.98. The zero-order valence-electron chi connectivity index (χ0n) is 8.23. The van der Waals surface area contributed by atoms with E-state index in [4.69, 9.17) is 0 Å². The average Bonchev–Trinajstić information content (AvgIpc) is 2.62. The summed E-state index contributed by atoms with van der Waals surface area (Å²) in [5.41, 5.74) is 0.509. The molecule has 0 aromatic carbocycles. The molecule has 0 aromatic rings. The van der Waals surface area contributed by atoms with E-state index >= 15 is 0 Å². The molecule has 1 saturated heterocycles. The van der Waals surface area contributed by atoms with Crippen molar-refractivity contribution in [2.24, 2.45) is 5.92 Å². The summed E-state index contributed by atoms with van der Waals surface area (Å²) in [5, 5.41) is 3.66. The number of nitrogens with one attached hydrogen (secondary N) is 1. The van der Waals surface area contributed by atoms with Crippen LogP contribution in [-0.2, 0) is 0 Å². The highest BCUT2D eigenvalue weighted by Gasteiger charge is 2.31. The smallest absolute Gasteiger partial charge is 0.0156 e. The maximum atomic E-state index is 3.66. The summed E-state index contributed by atoms with van der Waals surface area (Å²) in [6, 6.07) is 0. The van der Waals surface area contributed by atoms with Crippen molar-refractivity contribution in [3.63, 3.8) is 0 Å². The van der Waals surface area contributed by atoms with Crippen molar-refractivity contribution in [3.05, 3.63) is 0 Å². The summed E-state index contributed by atoms with van der Waals surface area (Å²) in [6.45, 7) is 3.67. The Kier molecular flexibility index (Phi) is 2.40. The minimum absolute atomic E-state index is 0.509. The molecule has 1 heteroatoms. The summed E-state index contributed by atoms with van der Waals surface area (Å²) in [4.78, 5) is 0. The topological polar surface area (TPSA) is 12.0 Å². The van der Waals surface area contributed by atoms with Crippen molar-refractivity contribution < 1.29 is 0 Å². The Hall–Kier alpha value is -0.0400. The van der Waals surface area contributed by atoms with Gasteiger partial charge in [-0.25, -0.2) is 0 Å². The summed E-state index contributed by atoms with van der Waals surface area (Å²) < 4.78 is 0. The Morgan fingerprint density at radius 3 is 2.58 bits per heavy atom. The lowest BCUT2D eigenvalue weighted by atomic mass is 9.87. The van der Waals surface area contributed by atoms with E-state index in [1.54, 1.807) is 0 Å². The van der Waals surface area contributed by atoms with E-state index in [0.717, 1.165) is 5.92 Å². The highest BCUT2D eigenvalue weighted by molar-refractivity contribution is 4.91. The van der Waals surface area contributed by atoms with Gasteiger partial charge in [-0.05, 0) is 38.6 Å². The van der Waals surface area contributed by atoms with E-state index in [2.05, 4.69) is 12.2 Å². The van der Waals surface area contributed by atoms with E-state index in [-0.39, 0.29) is 0 Å². The van der Waals surface area contributed by atoms with Crippen LogP contribution in [0.5, 0.6) is 0 Å². The normalized spacial score (nSPS) is 37.8. The zero-order valence-corrected chi connectivity index (χ0v) is 8.23. The third kappa shape index (κ3) is 1.82. The quantitative estimate of drug-likeness (QED) is 0.667. The molecule has 0 aromatic heterocycles. The second-order valence-corrected chi connectivity index (χ2v) is 4.95. The molecule has 0 amide bonds. The predicted molar refractivity (Wildman–Crippen MR) is 52.2 cm³/mol. The van der Waals surface area contributed by atoms with Gasteiger partial charge in [0, 0.05) is 5.54 Å². The standard InChI is InChI=1S/C11H21N/c1-11(7-4-8-12-11)9-10-5-2-3-6-10/h10,12H,2-9H2,1H3. The van der Waals surface area contributed by atoms with Crippen molar-refractivity contribution in [2.45, 2.75) is 57.4 Å². The molecule has 1 atom stereocenters. The minimum atomic E-state index is 0.509. The molecule has 2 rings (SSSR count). The lowest BCUT2D eigenvalue weighted by Crippen LogP contribution is -2.37. The maximum absolute atomic E-state index is 3.66. The molecular formula is C11H21N. The molecule has 1 heterocycles. The highest BCUT2D eigenvalue weighted by Crippen LogP contribution is 2.34. The van der Waals surface area contributed by atoms with Gasteiger partial charge in [-0.3, -0.25) is 0 Å². The largest absolute Gasteiger partial charge is 0.312 e. The van der Waals surface area contributed by atoms with Crippen LogP contribution < -0.4 is 5.32 Å². The zero-order chi connectivity index (χ0) is 8.44. The third-order valence-electron chi connectivity index (χ3n) is 3.67. The van der Waals surface area contributed by atoms with Gasteiger partial charge in [-0.15, -0.1) is 0 Å². The van der Waals surface area contributed by atoms with E-state index in [1.807, 2.05) is 0 Å². The molecule has 70 valence electrons. The summed E-state index contributed by atoms with van der Waals surface area (Å²) in [7, 11) is 0. The molecule has 2 aliphatic rings. The first-order chi connectivity index (χ1) is 5.79. The highest BCUT2D eigenvalue weighted by atomic mass is 15.0. The first-order valence-electron chi connectivity index (χ1n) is 5.54. The molecule has 0 spiro atoms. The van der Waals surface area contributed by atoms with Gasteiger partial charge in [0.1, 0.15) is 0 Å². The molecule has 1 aliphatic heterocycles. The predicted octanol–water partition coefficient (Wildman–Crippen LogP) is 2.71. The van der Waals surface area contributed by atoms with Gasteiger partial charge < -0.3 is 5.32 Å². The van der Waals surface area contributed by atoms with Crippen molar-refractivity contribution >= 4 is 0 Å². The fourth-order valence-electron chi connectivity index (χ4n) is 2.98. The van der Waals surface area contributed by atoms with Gasteiger partial charge in [0.2, 0.25) is 0 Å². The van der Waals surface area contributed by atoms with Gasteiger partial charge >= 0.3 is 0 Å². The Bertz CT molecular complexity index is 141. The molecule has 1 unspecified atom stereocenters. The van der Waals surface area contributed by atoms with Crippen molar-refractivity contribution in [1.82, 2.24) is 5.32 Å². The maximum Gasteiger partial charge on any atom is 0.0156 e. The van der Waals surface area contributed by atoms with Gasteiger partial charge in [-0.2, -0.15) is 0 Å². The van der Waals surface area contributed by atoms with Crippen LogP contribution in [0.1, 0.15) is 51.9 Å². The monoisotopic (exact) mass is 167 g/mol. The number of hydrogen-bond acceptors (Lipinski definition) is 1. The molecule has 0 radical (unpaired) electrons. The van der Waals surface area contributed by atoms with Crippen molar-refractivity contribution in [1.29, 1.82) is 0 Å². The molecule has 1 N–H and O–H groups in total. The van der Waals surface area contributed by atoms with Crippen molar-refractivity contribution in [2.75, 3.05) is 6.54 Å². The molecule has 12 heavy (non-hydrogen) atoms. The second-order valence-electron chi connectivity index (χ2n) is 4.95. The van der Waals surface area contributed by atoms with E-state index in [1.165, 1.54) is 51.5 Å². The van der Waals surface area contributed by atoms with Crippen LogP contribution in [0.25, 0.3) is 0 Å². The van der Waals surface area contributed by atoms with E-state index < -0.39 is 0 Å². The lowest BCUT2D eigenvalue weighted by Gasteiger charge is -2.27. The second kappa shape index (κ2) is 3.37. The molecule has 1 saturated carbocycles. The third-order valence-corrected chi connectivity index (χ3v) is 3.67. The van der Waals surface area contributed by atoms with Crippen LogP contribution in [0.3, 0.4) is 0 Å². The first kappa shape index (κ1) is 8.55. The number of hydrogen-bond donors (Lipinski definition) is 1. The first-order valence-corrected chi connectivity index (χ1v) is 5.54. The SMILES string of the molecule is CC1(CC2CCCC2)CCCN1. The van der Waals surface area contributed by atoms with E-state index in [9.17, 15) is 0 Å². The number of rotatable bonds is 2. The minimum Gasteiger partial charge on any atom is -0.312 e. The summed E-state index contributed by atoms with van der Waals surface area (Å²) in [5.74, 6) is 1.04. The van der Waals surface area contributed by atoms with Gasteiger partial charge in [-0.1, -0.05) is 25.7 Å². The Balaban J connectivity index is 1.83. The average molecular weight is 167 g/mol. The van der Waals surface area contributed by atoms with Crippen LogP contribution in [0, 0.1) is 5.92 Å².